The van der Waals surface area contributed by atoms with Crippen molar-refractivity contribution < 1.29 is 4.74 Å². The Bertz CT molecular complexity index is 195. The smallest absolute Gasteiger partial charge is 0.0825 e. The summed E-state index contributed by atoms with van der Waals surface area (Å²) in [5.41, 5.74) is 0.396. The Hall–Kier alpha value is -0.0800. The SMILES string of the molecule is CCCNC(CCC(C)(C)C)C(CC)(CC)OC. The molecule has 2 heteroatoms. The van der Waals surface area contributed by atoms with Gasteiger partial charge in [0, 0.05) is 13.2 Å². The molecule has 2 nitrogen and oxygen atoms in total. The normalized spacial score (nSPS) is 14.8. The first-order chi connectivity index (χ1) is 8.35. The number of nitrogens with one attached hydrogen (secondary N) is 1. The molecule has 0 aliphatic heterocycles. The Morgan fingerprint density at radius 3 is 1.94 bits per heavy atom. The van der Waals surface area contributed by atoms with Gasteiger partial charge in [-0.2, -0.15) is 0 Å². The molecule has 1 unspecified atom stereocenters. The van der Waals surface area contributed by atoms with E-state index >= 15 is 0 Å². The molecule has 0 aromatic rings. The van der Waals surface area contributed by atoms with E-state index < -0.39 is 0 Å². The van der Waals surface area contributed by atoms with Gasteiger partial charge in [0.05, 0.1) is 5.60 Å². The van der Waals surface area contributed by atoms with Gasteiger partial charge in [-0.15, -0.1) is 0 Å². The highest BCUT2D eigenvalue weighted by molar-refractivity contribution is 4.92. The zero-order valence-corrected chi connectivity index (χ0v) is 13.7. The lowest BCUT2D eigenvalue weighted by Crippen LogP contribution is -2.52. The molecule has 0 saturated heterocycles. The van der Waals surface area contributed by atoms with Gasteiger partial charge in [0.25, 0.3) is 0 Å². The standard InChI is InChI=1S/C16H35NO/c1-8-13-17-14(11-12-15(4,5)6)16(9-2,10-3)18-7/h14,17H,8-13H2,1-7H3. The van der Waals surface area contributed by atoms with E-state index in [2.05, 4.69) is 46.9 Å². The van der Waals surface area contributed by atoms with Crippen molar-refractivity contribution in [1.29, 1.82) is 0 Å². The summed E-state index contributed by atoms with van der Waals surface area (Å²) in [5.74, 6) is 0. The van der Waals surface area contributed by atoms with Crippen molar-refractivity contribution in [1.82, 2.24) is 5.32 Å². The highest BCUT2D eigenvalue weighted by Gasteiger charge is 2.35. The summed E-state index contributed by atoms with van der Waals surface area (Å²) in [5, 5.41) is 3.71. The van der Waals surface area contributed by atoms with Crippen LogP contribution < -0.4 is 5.32 Å². The topological polar surface area (TPSA) is 21.3 Å². The molecular formula is C16H35NO. The second kappa shape index (κ2) is 8.16. The molecule has 0 saturated carbocycles. The fourth-order valence-corrected chi connectivity index (χ4v) is 2.62. The van der Waals surface area contributed by atoms with Crippen molar-refractivity contribution in [2.75, 3.05) is 13.7 Å². The van der Waals surface area contributed by atoms with Crippen LogP contribution in [0.15, 0.2) is 0 Å². The van der Waals surface area contributed by atoms with E-state index in [1.807, 2.05) is 7.11 Å². The van der Waals surface area contributed by atoms with Crippen LogP contribution in [0.2, 0.25) is 0 Å². The molecule has 0 heterocycles. The molecule has 0 amide bonds. The number of methoxy groups -OCH3 is 1. The van der Waals surface area contributed by atoms with Gasteiger partial charge in [-0.1, -0.05) is 41.5 Å². The van der Waals surface area contributed by atoms with Crippen molar-refractivity contribution in [3.63, 3.8) is 0 Å². The third kappa shape index (κ3) is 5.71. The Balaban J connectivity index is 4.72. The van der Waals surface area contributed by atoms with Gasteiger partial charge in [-0.3, -0.25) is 0 Å². The van der Waals surface area contributed by atoms with E-state index in [-0.39, 0.29) is 5.60 Å². The van der Waals surface area contributed by atoms with Crippen LogP contribution in [-0.4, -0.2) is 25.3 Å². The van der Waals surface area contributed by atoms with Crippen molar-refractivity contribution in [3.05, 3.63) is 0 Å². The van der Waals surface area contributed by atoms with Crippen LogP contribution in [0.3, 0.4) is 0 Å². The van der Waals surface area contributed by atoms with Crippen molar-refractivity contribution in [3.8, 4) is 0 Å². The Morgan fingerprint density at radius 1 is 1.06 bits per heavy atom. The minimum absolute atomic E-state index is 0.000417. The Kier molecular flexibility index (Phi) is 8.13. The molecule has 0 rings (SSSR count). The van der Waals surface area contributed by atoms with Gasteiger partial charge in [-0.25, -0.2) is 0 Å². The molecule has 0 aliphatic carbocycles. The van der Waals surface area contributed by atoms with Crippen LogP contribution >= 0.6 is 0 Å². The number of ether oxygens (including phenoxy) is 1. The predicted octanol–water partition coefficient (Wildman–Crippen LogP) is 4.39. The lowest BCUT2D eigenvalue weighted by atomic mass is 9.80. The summed E-state index contributed by atoms with van der Waals surface area (Å²) in [6.45, 7) is 14.7. The van der Waals surface area contributed by atoms with Crippen molar-refractivity contribution in [2.24, 2.45) is 5.41 Å². The van der Waals surface area contributed by atoms with Crippen molar-refractivity contribution in [2.45, 2.75) is 85.3 Å². The molecular weight excluding hydrogens is 222 g/mol. The van der Waals surface area contributed by atoms with Gasteiger partial charge >= 0.3 is 0 Å². The summed E-state index contributed by atoms with van der Waals surface area (Å²) in [6.07, 6.45) is 5.76. The summed E-state index contributed by atoms with van der Waals surface area (Å²) < 4.78 is 5.90. The first-order valence-corrected chi connectivity index (χ1v) is 7.63. The van der Waals surface area contributed by atoms with E-state index in [9.17, 15) is 0 Å². The second-order valence-corrected chi connectivity index (χ2v) is 6.58. The highest BCUT2D eigenvalue weighted by Crippen LogP contribution is 2.30. The molecule has 0 aromatic heterocycles. The molecule has 110 valence electrons. The van der Waals surface area contributed by atoms with E-state index in [1.54, 1.807) is 0 Å². The van der Waals surface area contributed by atoms with E-state index in [0.717, 1.165) is 19.4 Å². The Morgan fingerprint density at radius 2 is 1.61 bits per heavy atom. The van der Waals surface area contributed by atoms with Gasteiger partial charge in [-0.05, 0) is 44.1 Å². The summed E-state index contributed by atoms with van der Waals surface area (Å²) in [7, 11) is 1.87. The molecule has 0 bridgehead atoms. The summed E-state index contributed by atoms with van der Waals surface area (Å²) in [6, 6.07) is 0.469. The minimum atomic E-state index is 0.000417. The van der Waals surface area contributed by atoms with Crippen LogP contribution in [0, 0.1) is 5.41 Å². The van der Waals surface area contributed by atoms with Crippen LogP contribution in [0.5, 0.6) is 0 Å². The lowest BCUT2D eigenvalue weighted by molar-refractivity contribution is -0.0513. The maximum absolute atomic E-state index is 5.90. The molecule has 0 spiro atoms. The predicted molar refractivity (Wildman–Crippen MR) is 81.1 cm³/mol. The average Bonchev–Trinajstić information content (AvgIpc) is 2.32. The third-order valence-electron chi connectivity index (χ3n) is 4.06. The lowest BCUT2D eigenvalue weighted by Gasteiger charge is -2.40. The molecule has 1 atom stereocenters. The fourth-order valence-electron chi connectivity index (χ4n) is 2.62. The quantitative estimate of drug-likeness (QED) is 0.661. The third-order valence-corrected chi connectivity index (χ3v) is 4.06. The number of hydrogen-bond acceptors (Lipinski definition) is 2. The maximum atomic E-state index is 5.90. The molecule has 18 heavy (non-hydrogen) atoms. The largest absolute Gasteiger partial charge is 0.377 e. The number of hydrogen-bond donors (Lipinski definition) is 1. The van der Waals surface area contributed by atoms with Crippen LogP contribution in [0.25, 0.3) is 0 Å². The second-order valence-electron chi connectivity index (χ2n) is 6.58. The maximum Gasteiger partial charge on any atom is 0.0825 e. The number of rotatable bonds is 9. The van der Waals surface area contributed by atoms with Gasteiger partial charge < -0.3 is 10.1 Å². The molecule has 0 radical (unpaired) electrons. The molecule has 0 fully saturated rings. The first-order valence-electron chi connectivity index (χ1n) is 7.63. The molecule has 0 aromatic carbocycles. The summed E-state index contributed by atoms with van der Waals surface area (Å²) in [4.78, 5) is 0. The van der Waals surface area contributed by atoms with Crippen molar-refractivity contribution >= 4 is 0 Å². The van der Waals surface area contributed by atoms with E-state index in [1.165, 1.54) is 19.3 Å². The summed E-state index contributed by atoms with van der Waals surface area (Å²) >= 11 is 0. The van der Waals surface area contributed by atoms with Gasteiger partial charge in [0.15, 0.2) is 0 Å². The zero-order chi connectivity index (χ0) is 14.2. The highest BCUT2D eigenvalue weighted by atomic mass is 16.5. The van der Waals surface area contributed by atoms with Crippen LogP contribution in [-0.2, 0) is 4.74 Å². The zero-order valence-electron chi connectivity index (χ0n) is 13.7. The Labute approximate surface area is 115 Å². The van der Waals surface area contributed by atoms with Crippen LogP contribution in [0.4, 0.5) is 0 Å². The van der Waals surface area contributed by atoms with E-state index in [0.29, 0.717) is 11.5 Å². The van der Waals surface area contributed by atoms with Gasteiger partial charge in [0.2, 0.25) is 0 Å². The van der Waals surface area contributed by atoms with Gasteiger partial charge in [0.1, 0.15) is 0 Å². The molecule has 0 aliphatic rings. The van der Waals surface area contributed by atoms with E-state index in [4.69, 9.17) is 4.74 Å². The minimum Gasteiger partial charge on any atom is -0.377 e. The average molecular weight is 257 g/mol. The fraction of sp³-hybridized carbons (Fsp3) is 1.00. The monoisotopic (exact) mass is 257 g/mol. The van der Waals surface area contributed by atoms with Crippen LogP contribution in [0.1, 0.15) is 73.6 Å². The molecule has 1 N–H and O–H groups in total. The first kappa shape index (κ1) is 17.9.